The molecule has 1 aromatic rings. The summed E-state index contributed by atoms with van der Waals surface area (Å²) in [7, 11) is 1.16. The molecule has 6 heteroatoms. The average molecular weight is 250 g/mol. The Morgan fingerprint density at radius 2 is 2.12 bits per heavy atom. The van der Waals surface area contributed by atoms with Crippen molar-refractivity contribution in [3.05, 3.63) is 28.3 Å². The zero-order valence-corrected chi connectivity index (χ0v) is 9.28. The van der Waals surface area contributed by atoms with Crippen LogP contribution in [0.25, 0.3) is 0 Å². The molecule has 0 atom stereocenters. The lowest BCUT2D eigenvalue weighted by molar-refractivity contribution is 0.0980. The normalized spacial score (nSPS) is 10.3. The summed E-state index contributed by atoms with van der Waals surface area (Å²) in [4.78, 5) is 11.4. The minimum absolute atomic E-state index is 0.0591. The summed E-state index contributed by atoms with van der Waals surface area (Å²) in [5, 5.41) is -0.151. The number of rotatable bonds is 4. The maximum atomic E-state index is 13.4. The van der Waals surface area contributed by atoms with Crippen LogP contribution in [0.2, 0.25) is 5.02 Å². The number of benzene rings is 1. The molecule has 0 saturated heterocycles. The van der Waals surface area contributed by atoms with Crippen molar-refractivity contribution in [2.75, 3.05) is 13.7 Å². The molecule has 1 rings (SSSR count). The number of carbonyl (C=O) groups excluding carboxylic acids is 1. The van der Waals surface area contributed by atoms with E-state index in [9.17, 15) is 13.6 Å². The Balaban J connectivity index is 3.28. The number of ether oxygens (including phenoxy) is 1. The number of hydrogen-bond donors (Lipinski definition) is 1. The third-order valence-electron chi connectivity index (χ3n) is 1.99. The highest BCUT2D eigenvalue weighted by molar-refractivity contribution is 6.32. The molecule has 0 aliphatic carbocycles. The molecule has 88 valence electrons. The Bertz CT molecular complexity index is 424. The monoisotopic (exact) mass is 249 g/mol. The zero-order valence-electron chi connectivity index (χ0n) is 8.52. The number of ketones is 1. The molecule has 0 aliphatic rings. The first-order chi connectivity index (χ1) is 7.52. The van der Waals surface area contributed by atoms with Gasteiger partial charge in [-0.1, -0.05) is 11.6 Å². The second-order valence-electron chi connectivity index (χ2n) is 3.03. The smallest absolute Gasteiger partial charge is 0.202 e. The van der Waals surface area contributed by atoms with Gasteiger partial charge in [-0.2, -0.15) is 4.39 Å². The molecule has 16 heavy (non-hydrogen) atoms. The van der Waals surface area contributed by atoms with Gasteiger partial charge in [0.2, 0.25) is 5.82 Å². The summed E-state index contributed by atoms with van der Waals surface area (Å²) in [6.07, 6.45) is -0.0704. The molecular weight excluding hydrogens is 240 g/mol. The van der Waals surface area contributed by atoms with Crippen LogP contribution in [0.4, 0.5) is 8.78 Å². The summed E-state index contributed by atoms with van der Waals surface area (Å²) in [6.45, 7) is 0.0591. The molecule has 0 heterocycles. The van der Waals surface area contributed by atoms with Crippen LogP contribution in [0.5, 0.6) is 5.75 Å². The lowest BCUT2D eigenvalue weighted by Crippen LogP contribution is -2.11. The van der Waals surface area contributed by atoms with E-state index in [1.54, 1.807) is 0 Å². The second kappa shape index (κ2) is 5.23. The molecule has 0 unspecified atom stereocenters. The van der Waals surface area contributed by atoms with Crippen molar-refractivity contribution in [2.45, 2.75) is 6.42 Å². The summed E-state index contributed by atoms with van der Waals surface area (Å²) in [6, 6.07) is 1.04. The van der Waals surface area contributed by atoms with Crippen molar-refractivity contribution in [3.63, 3.8) is 0 Å². The number of methoxy groups -OCH3 is 1. The van der Waals surface area contributed by atoms with E-state index in [4.69, 9.17) is 17.3 Å². The lowest BCUT2D eigenvalue weighted by Gasteiger charge is -2.08. The van der Waals surface area contributed by atoms with Gasteiger partial charge in [0.15, 0.2) is 17.3 Å². The zero-order chi connectivity index (χ0) is 12.3. The predicted molar refractivity (Wildman–Crippen MR) is 55.9 cm³/mol. The Kier molecular flexibility index (Phi) is 4.20. The molecule has 0 bridgehead atoms. The van der Waals surface area contributed by atoms with Gasteiger partial charge in [-0.3, -0.25) is 4.79 Å². The maximum Gasteiger partial charge on any atom is 0.202 e. The van der Waals surface area contributed by atoms with Crippen molar-refractivity contribution in [1.29, 1.82) is 0 Å². The van der Waals surface area contributed by atoms with Crippen molar-refractivity contribution < 1.29 is 18.3 Å². The molecule has 0 aliphatic heterocycles. The van der Waals surface area contributed by atoms with Crippen LogP contribution in [-0.4, -0.2) is 19.4 Å². The van der Waals surface area contributed by atoms with E-state index in [1.165, 1.54) is 0 Å². The first kappa shape index (κ1) is 12.9. The van der Waals surface area contributed by atoms with Gasteiger partial charge in [0.1, 0.15) is 0 Å². The standard InChI is InChI=1S/C10H10ClF2NO2/c1-16-10-6(11)4-5(7(15)2-3-14)8(12)9(10)13/h4H,2-3,14H2,1H3. The van der Waals surface area contributed by atoms with Gasteiger partial charge in [0, 0.05) is 6.42 Å². The van der Waals surface area contributed by atoms with E-state index < -0.39 is 28.7 Å². The van der Waals surface area contributed by atoms with Gasteiger partial charge in [0.25, 0.3) is 0 Å². The third kappa shape index (κ3) is 2.31. The van der Waals surface area contributed by atoms with Gasteiger partial charge >= 0.3 is 0 Å². The Labute approximate surface area is 96.1 Å². The fourth-order valence-corrected chi connectivity index (χ4v) is 1.50. The molecule has 0 radical (unpaired) electrons. The van der Waals surface area contributed by atoms with Crippen LogP contribution in [-0.2, 0) is 0 Å². The molecule has 2 N–H and O–H groups in total. The fourth-order valence-electron chi connectivity index (χ4n) is 1.23. The first-order valence-corrected chi connectivity index (χ1v) is 4.85. The van der Waals surface area contributed by atoms with Crippen molar-refractivity contribution in [2.24, 2.45) is 5.73 Å². The van der Waals surface area contributed by atoms with Crippen molar-refractivity contribution in [1.82, 2.24) is 0 Å². The summed E-state index contributed by atoms with van der Waals surface area (Å²) < 4.78 is 31.4. The third-order valence-corrected chi connectivity index (χ3v) is 2.27. The topological polar surface area (TPSA) is 52.3 Å². The second-order valence-corrected chi connectivity index (χ2v) is 3.44. The number of nitrogens with two attached hydrogens (primary N) is 1. The molecule has 3 nitrogen and oxygen atoms in total. The lowest BCUT2D eigenvalue weighted by atomic mass is 10.1. The maximum absolute atomic E-state index is 13.4. The highest BCUT2D eigenvalue weighted by Gasteiger charge is 2.21. The van der Waals surface area contributed by atoms with Gasteiger partial charge in [0.05, 0.1) is 17.7 Å². The molecule has 0 fully saturated rings. The van der Waals surface area contributed by atoms with Crippen molar-refractivity contribution in [3.8, 4) is 5.75 Å². The summed E-state index contributed by atoms with van der Waals surface area (Å²) in [5.41, 5.74) is 4.75. The van der Waals surface area contributed by atoms with E-state index in [0.717, 1.165) is 13.2 Å². The van der Waals surface area contributed by atoms with Crippen molar-refractivity contribution >= 4 is 17.4 Å². The van der Waals surface area contributed by atoms with E-state index in [0.29, 0.717) is 0 Å². The van der Waals surface area contributed by atoms with Gasteiger partial charge in [-0.05, 0) is 12.6 Å². The van der Waals surface area contributed by atoms with Crippen LogP contribution in [0.3, 0.4) is 0 Å². The molecular formula is C10H10ClF2NO2. The minimum atomic E-state index is -1.27. The number of halogens is 3. The Hall–Kier alpha value is -1.20. The predicted octanol–water partition coefficient (Wildman–Crippen LogP) is 2.16. The highest BCUT2D eigenvalue weighted by atomic mass is 35.5. The van der Waals surface area contributed by atoms with Crippen LogP contribution >= 0.6 is 11.6 Å². The summed E-state index contributed by atoms with van der Waals surface area (Å²) in [5.74, 6) is -3.54. The fraction of sp³-hybridized carbons (Fsp3) is 0.300. The Morgan fingerprint density at radius 1 is 1.50 bits per heavy atom. The van der Waals surface area contributed by atoms with Crippen LogP contribution in [0.1, 0.15) is 16.8 Å². The van der Waals surface area contributed by atoms with Gasteiger partial charge in [-0.25, -0.2) is 4.39 Å². The van der Waals surface area contributed by atoms with Crippen LogP contribution in [0.15, 0.2) is 6.07 Å². The molecule has 0 amide bonds. The van der Waals surface area contributed by atoms with E-state index >= 15 is 0 Å². The number of hydrogen-bond acceptors (Lipinski definition) is 3. The van der Waals surface area contributed by atoms with E-state index in [1.807, 2.05) is 0 Å². The van der Waals surface area contributed by atoms with E-state index in [-0.39, 0.29) is 18.0 Å². The average Bonchev–Trinajstić information content (AvgIpc) is 2.24. The first-order valence-electron chi connectivity index (χ1n) is 4.47. The molecule has 1 aromatic carbocycles. The summed E-state index contributed by atoms with van der Waals surface area (Å²) >= 11 is 5.64. The highest BCUT2D eigenvalue weighted by Crippen LogP contribution is 2.31. The molecule has 0 aromatic heterocycles. The number of carbonyl (C=O) groups is 1. The van der Waals surface area contributed by atoms with Gasteiger partial charge in [-0.15, -0.1) is 0 Å². The van der Waals surface area contributed by atoms with Crippen LogP contribution in [0, 0.1) is 11.6 Å². The van der Waals surface area contributed by atoms with Crippen LogP contribution < -0.4 is 10.5 Å². The van der Waals surface area contributed by atoms with Gasteiger partial charge < -0.3 is 10.5 Å². The molecule has 0 saturated carbocycles. The quantitative estimate of drug-likeness (QED) is 0.657. The van der Waals surface area contributed by atoms with E-state index in [2.05, 4.69) is 4.74 Å². The molecule has 0 spiro atoms. The largest absolute Gasteiger partial charge is 0.492 e. The minimum Gasteiger partial charge on any atom is -0.492 e. The number of Topliss-reactive ketones (excluding diaryl/α,β-unsaturated/α-hetero) is 1. The Morgan fingerprint density at radius 3 is 2.62 bits per heavy atom. The SMILES string of the molecule is COc1c(Cl)cc(C(=O)CCN)c(F)c1F.